The number of aliphatic hydroxyl groups is 1. The van der Waals surface area contributed by atoms with Gasteiger partial charge in [-0.1, -0.05) is 42.5 Å². The predicted molar refractivity (Wildman–Crippen MR) is 117 cm³/mol. The van der Waals surface area contributed by atoms with Crippen LogP contribution in [0.4, 0.5) is 32.0 Å². The number of nitrogens with zero attached hydrogens (tertiary/aromatic N) is 2. The molecule has 1 aliphatic rings. The van der Waals surface area contributed by atoms with Gasteiger partial charge in [-0.2, -0.15) is 26.3 Å². The zero-order valence-electron chi connectivity index (χ0n) is 19.0. The lowest BCUT2D eigenvalue weighted by Gasteiger charge is -2.35. The standard InChI is InChI=1S/C25H24F6N2O2/c1-15-12-18-13-19(23(34,24(26,27)28)25(29,30)31)9-11-20(18)33(15)21(22-16(2)35-14-32-22)10-8-17-6-4-3-5-7-17/h3-7,9,11,13-15,21,34H,8,10,12H2,1-2H3. The molecule has 188 valence electrons. The molecular weight excluding hydrogens is 474 g/mol. The first kappa shape index (κ1) is 25.1. The van der Waals surface area contributed by atoms with Crippen molar-refractivity contribution < 1.29 is 35.9 Å². The second-order valence-corrected chi connectivity index (χ2v) is 8.84. The van der Waals surface area contributed by atoms with E-state index in [2.05, 4.69) is 4.98 Å². The second-order valence-electron chi connectivity index (χ2n) is 8.84. The third kappa shape index (κ3) is 4.39. The number of aromatic nitrogens is 1. The van der Waals surface area contributed by atoms with Crippen LogP contribution in [0.25, 0.3) is 0 Å². The van der Waals surface area contributed by atoms with Gasteiger partial charge in [0.1, 0.15) is 11.5 Å². The molecule has 2 unspecified atom stereocenters. The van der Waals surface area contributed by atoms with Gasteiger partial charge in [0.05, 0.1) is 6.04 Å². The monoisotopic (exact) mass is 498 g/mol. The van der Waals surface area contributed by atoms with Crippen molar-refractivity contribution >= 4 is 5.69 Å². The van der Waals surface area contributed by atoms with Gasteiger partial charge in [0, 0.05) is 17.3 Å². The Morgan fingerprint density at radius 3 is 2.29 bits per heavy atom. The first-order valence-electron chi connectivity index (χ1n) is 11.1. The van der Waals surface area contributed by atoms with Crippen molar-refractivity contribution in [3.63, 3.8) is 0 Å². The maximum atomic E-state index is 13.4. The van der Waals surface area contributed by atoms with Crippen LogP contribution in [0, 0.1) is 6.92 Å². The van der Waals surface area contributed by atoms with Crippen molar-refractivity contribution in [2.75, 3.05) is 4.90 Å². The number of halogens is 6. The van der Waals surface area contributed by atoms with Gasteiger partial charge in [-0.25, -0.2) is 4.98 Å². The Morgan fingerprint density at radius 1 is 1.06 bits per heavy atom. The minimum Gasteiger partial charge on any atom is -0.448 e. The summed E-state index contributed by atoms with van der Waals surface area (Å²) in [5.41, 5.74) is -3.65. The van der Waals surface area contributed by atoms with Gasteiger partial charge in [-0.15, -0.1) is 0 Å². The van der Waals surface area contributed by atoms with Crippen LogP contribution in [-0.4, -0.2) is 28.5 Å². The number of hydrogen-bond donors (Lipinski definition) is 1. The average Bonchev–Trinajstić information content (AvgIpc) is 3.35. The van der Waals surface area contributed by atoms with Crippen molar-refractivity contribution in [1.82, 2.24) is 4.98 Å². The Bertz CT molecular complexity index is 1160. The number of aryl methyl sites for hydroxylation is 2. The quantitative estimate of drug-likeness (QED) is 0.399. The van der Waals surface area contributed by atoms with Crippen LogP contribution in [0.2, 0.25) is 0 Å². The molecule has 1 N–H and O–H groups in total. The molecule has 0 fully saturated rings. The zero-order chi connectivity index (χ0) is 25.6. The van der Waals surface area contributed by atoms with Gasteiger partial charge < -0.3 is 14.4 Å². The molecule has 2 aromatic carbocycles. The van der Waals surface area contributed by atoms with Crippen LogP contribution < -0.4 is 4.90 Å². The highest BCUT2D eigenvalue weighted by Gasteiger charge is 2.71. The second kappa shape index (κ2) is 8.89. The van der Waals surface area contributed by atoms with E-state index >= 15 is 0 Å². The van der Waals surface area contributed by atoms with E-state index in [1.165, 1.54) is 12.5 Å². The molecule has 3 aromatic rings. The van der Waals surface area contributed by atoms with Crippen molar-refractivity contribution in [1.29, 1.82) is 0 Å². The predicted octanol–water partition coefficient (Wildman–Crippen LogP) is 6.42. The highest BCUT2D eigenvalue weighted by atomic mass is 19.4. The smallest absolute Gasteiger partial charge is 0.430 e. The molecule has 0 spiro atoms. The van der Waals surface area contributed by atoms with E-state index in [1.54, 1.807) is 6.92 Å². The van der Waals surface area contributed by atoms with E-state index in [0.29, 0.717) is 41.6 Å². The average molecular weight is 498 g/mol. The Hall–Kier alpha value is -3.01. The third-order valence-corrected chi connectivity index (χ3v) is 6.57. The summed E-state index contributed by atoms with van der Waals surface area (Å²) in [7, 11) is 0. The van der Waals surface area contributed by atoms with E-state index in [0.717, 1.165) is 11.6 Å². The fourth-order valence-electron chi connectivity index (χ4n) is 4.83. The molecule has 0 saturated heterocycles. The molecule has 0 aliphatic carbocycles. The Morgan fingerprint density at radius 2 is 1.71 bits per heavy atom. The first-order valence-corrected chi connectivity index (χ1v) is 11.1. The molecule has 35 heavy (non-hydrogen) atoms. The summed E-state index contributed by atoms with van der Waals surface area (Å²) >= 11 is 0. The minimum atomic E-state index is -5.93. The lowest BCUT2D eigenvalue weighted by molar-refractivity contribution is -0.376. The number of hydrogen-bond acceptors (Lipinski definition) is 4. The van der Waals surface area contributed by atoms with Crippen LogP contribution in [0.5, 0.6) is 0 Å². The van der Waals surface area contributed by atoms with Crippen molar-refractivity contribution in [2.24, 2.45) is 0 Å². The molecule has 4 rings (SSSR count). The largest absolute Gasteiger partial charge is 0.448 e. The molecule has 10 heteroatoms. The number of benzene rings is 2. The maximum Gasteiger partial charge on any atom is 0.430 e. The molecule has 0 amide bonds. The molecule has 2 atom stereocenters. The summed E-state index contributed by atoms with van der Waals surface area (Å²) in [4.78, 5) is 6.32. The number of anilines is 1. The Balaban J connectivity index is 1.74. The third-order valence-electron chi connectivity index (χ3n) is 6.57. The zero-order valence-corrected chi connectivity index (χ0v) is 19.0. The van der Waals surface area contributed by atoms with Crippen LogP contribution in [-0.2, 0) is 18.4 Å². The molecule has 1 aromatic heterocycles. The molecule has 0 saturated carbocycles. The highest BCUT2D eigenvalue weighted by molar-refractivity contribution is 5.62. The van der Waals surface area contributed by atoms with Gasteiger partial charge >= 0.3 is 12.4 Å². The van der Waals surface area contributed by atoms with Crippen LogP contribution in [0.3, 0.4) is 0 Å². The SMILES string of the molecule is Cc1ocnc1C(CCc1ccccc1)N1c2ccc(C(O)(C(F)(F)F)C(F)(F)F)cc2CC1C. The van der Waals surface area contributed by atoms with Crippen LogP contribution in [0.1, 0.15) is 47.5 Å². The Labute approximate surface area is 198 Å². The van der Waals surface area contributed by atoms with Crippen molar-refractivity contribution in [3.05, 3.63) is 83.1 Å². The van der Waals surface area contributed by atoms with Gasteiger partial charge in [0.15, 0.2) is 6.39 Å². The summed E-state index contributed by atoms with van der Waals surface area (Å²) in [6, 6.07) is 11.9. The fraction of sp³-hybridized carbons (Fsp3) is 0.400. The summed E-state index contributed by atoms with van der Waals surface area (Å²) < 4.78 is 85.9. The Kier molecular flexibility index (Phi) is 6.37. The van der Waals surface area contributed by atoms with Crippen molar-refractivity contribution in [2.45, 2.75) is 63.1 Å². The van der Waals surface area contributed by atoms with E-state index in [1.807, 2.05) is 42.2 Å². The molecule has 1 aliphatic heterocycles. The molecule has 4 nitrogen and oxygen atoms in total. The summed E-state index contributed by atoms with van der Waals surface area (Å²) in [5.74, 6) is 0.587. The van der Waals surface area contributed by atoms with Gasteiger partial charge in [-0.3, -0.25) is 0 Å². The van der Waals surface area contributed by atoms with Crippen molar-refractivity contribution in [3.8, 4) is 0 Å². The molecule has 0 radical (unpaired) electrons. The number of alkyl halides is 6. The summed E-state index contributed by atoms with van der Waals surface area (Å²) in [6.07, 6.45) is -9.06. The molecule has 0 bridgehead atoms. The maximum absolute atomic E-state index is 13.4. The molecule has 2 heterocycles. The lowest BCUT2D eigenvalue weighted by Crippen LogP contribution is -2.53. The van der Waals surface area contributed by atoms with Gasteiger partial charge in [0.25, 0.3) is 5.60 Å². The number of fused-ring (bicyclic) bond motifs is 1. The topological polar surface area (TPSA) is 49.5 Å². The van der Waals surface area contributed by atoms with E-state index in [4.69, 9.17) is 4.42 Å². The minimum absolute atomic E-state index is 0.216. The first-order chi connectivity index (χ1) is 16.3. The van der Waals surface area contributed by atoms with Crippen LogP contribution >= 0.6 is 0 Å². The molecular formula is C25H24F6N2O2. The normalized spacial score (nSPS) is 17.5. The fourth-order valence-corrected chi connectivity index (χ4v) is 4.83. The summed E-state index contributed by atoms with van der Waals surface area (Å²) in [5, 5.41) is 9.84. The highest BCUT2D eigenvalue weighted by Crippen LogP contribution is 2.51. The van der Waals surface area contributed by atoms with Crippen LogP contribution in [0.15, 0.2) is 59.3 Å². The summed E-state index contributed by atoms with van der Waals surface area (Å²) in [6.45, 7) is 3.61. The van der Waals surface area contributed by atoms with E-state index < -0.39 is 23.5 Å². The van der Waals surface area contributed by atoms with Gasteiger partial charge in [-0.05, 0) is 50.3 Å². The van der Waals surface area contributed by atoms with E-state index in [9.17, 15) is 31.4 Å². The lowest BCUT2D eigenvalue weighted by atomic mass is 9.90. The van der Waals surface area contributed by atoms with Gasteiger partial charge in [0.2, 0.25) is 0 Å². The van der Waals surface area contributed by atoms with E-state index in [-0.39, 0.29) is 18.5 Å². The number of oxazole rings is 1. The number of rotatable bonds is 6.